The molecule has 0 aromatic carbocycles. The van der Waals surface area contributed by atoms with Crippen molar-refractivity contribution in [3.8, 4) is 0 Å². The van der Waals surface area contributed by atoms with Crippen molar-refractivity contribution >= 4 is 5.97 Å². The van der Waals surface area contributed by atoms with Crippen LogP contribution in [-0.2, 0) is 4.79 Å². The van der Waals surface area contributed by atoms with Gasteiger partial charge in [0.1, 0.15) is 6.04 Å². The van der Waals surface area contributed by atoms with E-state index in [0.717, 1.165) is 19.4 Å². The maximum atomic E-state index is 11.0. The van der Waals surface area contributed by atoms with Crippen molar-refractivity contribution in [2.45, 2.75) is 65.5 Å². The normalized spacial score (nSPS) is 18.8. The van der Waals surface area contributed by atoms with Crippen molar-refractivity contribution in [1.29, 1.82) is 0 Å². The molecular weight excluding hydrogens is 202 g/mol. The van der Waals surface area contributed by atoms with E-state index in [9.17, 15) is 4.79 Å². The summed E-state index contributed by atoms with van der Waals surface area (Å²) in [6.07, 6.45) is 4.60. The Bertz CT molecular complexity index is 241. The quantitative estimate of drug-likeness (QED) is 0.758. The van der Waals surface area contributed by atoms with E-state index in [1.165, 1.54) is 12.8 Å². The summed E-state index contributed by atoms with van der Waals surface area (Å²) < 4.78 is 0. The Kier molecular flexibility index (Phi) is 4.36. The molecule has 0 aromatic heterocycles. The highest BCUT2D eigenvalue weighted by molar-refractivity contribution is 5.73. The monoisotopic (exact) mass is 227 g/mol. The lowest BCUT2D eigenvalue weighted by molar-refractivity contribution is -0.142. The summed E-state index contributed by atoms with van der Waals surface area (Å²) in [5.74, 6) is -0.692. The van der Waals surface area contributed by atoms with Crippen LogP contribution in [0, 0.1) is 5.41 Å². The molecule has 1 atom stereocenters. The highest BCUT2D eigenvalue weighted by Crippen LogP contribution is 2.30. The van der Waals surface area contributed by atoms with Crippen LogP contribution in [-0.4, -0.2) is 34.6 Å². The van der Waals surface area contributed by atoms with Gasteiger partial charge in [0.25, 0.3) is 0 Å². The minimum Gasteiger partial charge on any atom is -0.480 e. The van der Waals surface area contributed by atoms with E-state index < -0.39 is 5.97 Å². The maximum Gasteiger partial charge on any atom is 0.320 e. The number of nitrogens with zero attached hydrogens (tertiary/aromatic N) is 1. The fourth-order valence-corrected chi connectivity index (χ4v) is 2.03. The van der Waals surface area contributed by atoms with Gasteiger partial charge < -0.3 is 5.11 Å². The topological polar surface area (TPSA) is 40.5 Å². The zero-order valence-corrected chi connectivity index (χ0v) is 11.0. The van der Waals surface area contributed by atoms with Gasteiger partial charge >= 0.3 is 5.97 Å². The Labute approximate surface area is 98.8 Å². The lowest BCUT2D eigenvalue weighted by atomic mass is 9.90. The summed E-state index contributed by atoms with van der Waals surface area (Å²) in [6, 6.07) is 0.207. The van der Waals surface area contributed by atoms with Gasteiger partial charge in [-0.1, -0.05) is 20.8 Å². The second-order valence-electron chi connectivity index (χ2n) is 6.15. The van der Waals surface area contributed by atoms with Crippen molar-refractivity contribution in [1.82, 2.24) is 4.90 Å². The molecule has 1 aliphatic rings. The van der Waals surface area contributed by atoms with E-state index in [-0.39, 0.29) is 6.04 Å². The molecule has 3 nitrogen and oxygen atoms in total. The molecular formula is C13H25NO2. The van der Waals surface area contributed by atoms with Gasteiger partial charge in [-0.05, 0) is 44.6 Å². The molecule has 0 spiro atoms. The highest BCUT2D eigenvalue weighted by atomic mass is 16.4. The predicted molar refractivity (Wildman–Crippen MR) is 65.5 cm³/mol. The van der Waals surface area contributed by atoms with Crippen LogP contribution in [0.4, 0.5) is 0 Å². The van der Waals surface area contributed by atoms with Gasteiger partial charge in [0, 0.05) is 6.04 Å². The third-order valence-corrected chi connectivity index (χ3v) is 3.21. The zero-order valence-electron chi connectivity index (χ0n) is 11.0. The molecule has 1 aliphatic carbocycles. The number of carboxylic acids is 1. The van der Waals surface area contributed by atoms with Gasteiger partial charge in [-0.2, -0.15) is 0 Å². The standard InChI is InChI=1S/C13H25NO2/c1-10(12(15)16)14(11-6-7-11)9-5-8-13(2,3)4/h10-11H,5-9H2,1-4H3,(H,15,16). The molecule has 94 valence electrons. The van der Waals surface area contributed by atoms with Gasteiger partial charge in [0.2, 0.25) is 0 Å². The molecule has 0 radical (unpaired) electrons. The Hall–Kier alpha value is -0.570. The fraction of sp³-hybridized carbons (Fsp3) is 0.923. The lowest BCUT2D eigenvalue weighted by Gasteiger charge is -2.27. The smallest absolute Gasteiger partial charge is 0.320 e. The molecule has 16 heavy (non-hydrogen) atoms. The first-order valence-corrected chi connectivity index (χ1v) is 6.30. The number of carbonyl (C=O) groups is 1. The average molecular weight is 227 g/mol. The molecule has 1 fully saturated rings. The zero-order chi connectivity index (χ0) is 12.3. The third kappa shape index (κ3) is 4.52. The van der Waals surface area contributed by atoms with Gasteiger partial charge in [-0.3, -0.25) is 9.69 Å². The molecule has 0 bridgehead atoms. The van der Waals surface area contributed by atoms with Crippen LogP contribution in [0.5, 0.6) is 0 Å². The molecule has 1 unspecified atom stereocenters. The average Bonchev–Trinajstić information content (AvgIpc) is 2.92. The van der Waals surface area contributed by atoms with Crippen LogP contribution in [0.15, 0.2) is 0 Å². The van der Waals surface area contributed by atoms with E-state index in [1.54, 1.807) is 6.92 Å². The number of hydrogen-bond acceptors (Lipinski definition) is 2. The van der Waals surface area contributed by atoms with E-state index in [0.29, 0.717) is 11.5 Å². The number of carboxylic acid groups (broad SMARTS) is 1. The Balaban J connectivity index is 2.37. The molecule has 1 N–H and O–H groups in total. The van der Waals surface area contributed by atoms with Gasteiger partial charge in [0.05, 0.1) is 0 Å². The van der Waals surface area contributed by atoms with E-state index in [4.69, 9.17) is 5.11 Å². The molecule has 1 saturated carbocycles. The molecule has 0 saturated heterocycles. The third-order valence-electron chi connectivity index (χ3n) is 3.21. The largest absolute Gasteiger partial charge is 0.480 e. The van der Waals surface area contributed by atoms with Crippen LogP contribution >= 0.6 is 0 Å². The Morgan fingerprint density at radius 2 is 2.00 bits per heavy atom. The molecule has 0 amide bonds. The first kappa shape index (κ1) is 13.5. The second-order valence-corrected chi connectivity index (χ2v) is 6.15. The summed E-state index contributed by atoms with van der Waals surface area (Å²) in [4.78, 5) is 13.2. The highest BCUT2D eigenvalue weighted by Gasteiger charge is 2.34. The first-order chi connectivity index (χ1) is 7.31. The van der Waals surface area contributed by atoms with Crippen LogP contribution in [0.2, 0.25) is 0 Å². The van der Waals surface area contributed by atoms with E-state index in [1.807, 2.05) is 0 Å². The second kappa shape index (κ2) is 5.17. The van der Waals surface area contributed by atoms with Crippen LogP contribution in [0.1, 0.15) is 53.4 Å². The van der Waals surface area contributed by atoms with E-state index >= 15 is 0 Å². The van der Waals surface area contributed by atoms with E-state index in [2.05, 4.69) is 25.7 Å². The predicted octanol–water partition coefficient (Wildman–Crippen LogP) is 2.75. The SMILES string of the molecule is CC(C(=O)O)N(CCCC(C)(C)C)C1CC1. The summed E-state index contributed by atoms with van der Waals surface area (Å²) in [7, 11) is 0. The fourth-order valence-electron chi connectivity index (χ4n) is 2.03. The van der Waals surface area contributed by atoms with Crippen LogP contribution < -0.4 is 0 Å². The van der Waals surface area contributed by atoms with Crippen LogP contribution in [0.25, 0.3) is 0 Å². The van der Waals surface area contributed by atoms with Crippen molar-refractivity contribution < 1.29 is 9.90 Å². The summed E-state index contributed by atoms with van der Waals surface area (Å²) in [5, 5.41) is 9.05. The lowest BCUT2D eigenvalue weighted by Crippen LogP contribution is -2.41. The van der Waals surface area contributed by atoms with Crippen molar-refractivity contribution in [2.24, 2.45) is 5.41 Å². The van der Waals surface area contributed by atoms with Gasteiger partial charge in [0.15, 0.2) is 0 Å². The first-order valence-electron chi connectivity index (χ1n) is 6.30. The van der Waals surface area contributed by atoms with Crippen molar-refractivity contribution in [3.63, 3.8) is 0 Å². The van der Waals surface area contributed by atoms with Gasteiger partial charge in [-0.15, -0.1) is 0 Å². The number of rotatable bonds is 6. The molecule has 3 heteroatoms. The van der Waals surface area contributed by atoms with Crippen molar-refractivity contribution in [2.75, 3.05) is 6.54 Å². The van der Waals surface area contributed by atoms with Crippen molar-refractivity contribution in [3.05, 3.63) is 0 Å². The minimum absolute atomic E-state index is 0.326. The number of hydrogen-bond donors (Lipinski definition) is 1. The Morgan fingerprint density at radius 1 is 1.44 bits per heavy atom. The summed E-state index contributed by atoms with van der Waals surface area (Å²) >= 11 is 0. The molecule has 1 rings (SSSR count). The molecule has 0 heterocycles. The number of aliphatic carboxylic acids is 1. The molecule has 0 aliphatic heterocycles. The van der Waals surface area contributed by atoms with Gasteiger partial charge in [-0.25, -0.2) is 0 Å². The maximum absolute atomic E-state index is 11.0. The van der Waals surface area contributed by atoms with Crippen LogP contribution in [0.3, 0.4) is 0 Å². The summed E-state index contributed by atoms with van der Waals surface area (Å²) in [5.41, 5.74) is 0.349. The summed E-state index contributed by atoms with van der Waals surface area (Å²) in [6.45, 7) is 9.42. The Morgan fingerprint density at radius 3 is 2.38 bits per heavy atom. The minimum atomic E-state index is -0.692. The molecule has 0 aromatic rings.